The Morgan fingerprint density at radius 3 is 2.71 bits per heavy atom. The molecule has 0 unspecified atom stereocenters. The maximum absolute atomic E-state index is 11.9. The summed E-state index contributed by atoms with van der Waals surface area (Å²) in [6.45, 7) is 2.86. The smallest absolute Gasteiger partial charge is 0.225 e. The Kier molecular flexibility index (Phi) is 5.33. The molecule has 0 saturated carbocycles. The molecule has 1 N–H and O–H groups in total. The zero-order valence-corrected chi connectivity index (χ0v) is 9.90. The van der Waals surface area contributed by atoms with E-state index in [9.17, 15) is 4.79 Å². The summed E-state index contributed by atoms with van der Waals surface area (Å²) in [5.74, 6) is 1.64. The van der Waals surface area contributed by atoms with Gasteiger partial charge < -0.3 is 10.2 Å². The van der Waals surface area contributed by atoms with Gasteiger partial charge in [-0.3, -0.25) is 4.79 Å². The summed E-state index contributed by atoms with van der Waals surface area (Å²) < 4.78 is 0. The molecule has 1 aliphatic rings. The molecule has 0 aliphatic carbocycles. The summed E-state index contributed by atoms with van der Waals surface area (Å²) in [6, 6.07) is 0. The van der Waals surface area contributed by atoms with E-state index in [0.717, 1.165) is 38.2 Å². The first-order chi connectivity index (χ1) is 6.75. The van der Waals surface area contributed by atoms with Gasteiger partial charge in [-0.2, -0.15) is 11.8 Å². The van der Waals surface area contributed by atoms with Crippen LogP contribution in [0.5, 0.6) is 0 Å². The third-order valence-electron chi connectivity index (χ3n) is 2.70. The largest absolute Gasteiger partial charge is 0.345 e. The standard InChI is InChI=1S/C10H20N2OS/c1-12(7-8-14-2)10(13)9-3-5-11-6-4-9/h9,11H,3-8H2,1-2H3. The average Bonchev–Trinajstić information content (AvgIpc) is 2.26. The highest BCUT2D eigenvalue weighted by molar-refractivity contribution is 7.98. The van der Waals surface area contributed by atoms with Crippen molar-refractivity contribution in [3.8, 4) is 0 Å². The van der Waals surface area contributed by atoms with Gasteiger partial charge in [-0.1, -0.05) is 0 Å². The van der Waals surface area contributed by atoms with Crippen LogP contribution in [0.2, 0.25) is 0 Å². The Hall–Kier alpha value is -0.220. The van der Waals surface area contributed by atoms with Gasteiger partial charge in [-0.25, -0.2) is 0 Å². The Balaban J connectivity index is 2.30. The van der Waals surface area contributed by atoms with Gasteiger partial charge >= 0.3 is 0 Å². The molecular weight excluding hydrogens is 196 g/mol. The second-order valence-electron chi connectivity index (χ2n) is 3.78. The number of piperidine rings is 1. The molecule has 3 nitrogen and oxygen atoms in total. The fourth-order valence-corrected chi connectivity index (χ4v) is 2.18. The van der Waals surface area contributed by atoms with Crippen molar-refractivity contribution in [2.75, 3.05) is 38.7 Å². The molecule has 0 atom stereocenters. The van der Waals surface area contributed by atoms with E-state index in [-0.39, 0.29) is 5.92 Å². The molecule has 1 aliphatic heterocycles. The normalized spacial score (nSPS) is 18.1. The minimum atomic E-state index is 0.267. The van der Waals surface area contributed by atoms with E-state index in [0.29, 0.717) is 5.91 Å². The molecular formula is C10H20N2OS. The summed E-state index contributed by atoms with van der Waals surface area (Å²) >= 11 is 1.79. The number of hydrogen-bond acceptors (Lipinski definition) is 3. The fraction of sp³-hybridized carbons (Fsp3) is 0.900. The molecule has 0 radical (unpaired) electrons. The molecule has 0 aromatic heterocycles. The van der Waals surface area contributed by atoms with Crippen LogP contribution in [-0.4, -0.2) is 49.5 Å². The van der Waals surface area contributed by atoms with Crippen molar-refractivity contribution < 1.29 is 4.79 Å². The predicted molar refractivity (Wildman–Crippen MR) is 61.6 cm³/mol. The number of carbonyl (C=O) groups is 1. The van der Waals surface area contributed by atoms with Crippen LogP contribution in [0, 0.1) is 5.92 Å². The van der Waals surface area contributed by atoms with E-state index < -0.39 is 0 Å². The van der Waals surface area contributed by atoms with Crippen molar-refractivity contribution >= 4 is 17.7 Å². The molecule has 0 spiro atoms. The van der Waals surface area contributed by atoms with Crippen molar-refractivity contribution in [2.45, 2.75) is 12.8 Å². The molecule has 1 fully saturated rings. The summed E-state index contributed by atoms with van der Waals surface area (Å²) in [4.78, 5) is 13.8. The van der Waals surface area contributed by atoms with Gasteiger partial charge in [0, 0.05) is 25.3 Å². The first-order valence-corrected chi connectivity index (χ1v) is 6.59. The van der Waals surface area contributed by atoms with Crippen LogP contribution in [0.4, 0.5) is 0 Å². The first-order valence-electron chi connectivity index (χ1n) is 5.20. The zero-order chi connectivity index (χ0) is 10.4. The predicted octanol–water partition coefficient (Wildman–Crippen LogP) is 0.807. The van der Waals surface area contributed by atoms with E-state index in [1.807, 2.05) is 11.9 Å². The van der Waals surface area contributed by atoms with Gasteiger partial charge in [-0.15, -0.1) is 0 Å². The lowest BCUT2D eigenvalue weighted by atomic mass is 9.97. The Labute approximate surface area is 90.6 Å². The average molecular weight is 216 g/mol. The quantitative estimate of drug-likeness (QED) is 0.755. The van der Waals surface area contributed by atoms with Crippen LogP contribution in [0.1, 0.15) is 12.8 Å². The lowest BCUT2D eigenvalue weighted by Crippen LogP contribution is -2.39. The number of carbonyl (C=O) groups excluding carboxylic acids is 1. The molecule has 0 aromatic rings. The lowest BCUT2D eigenvalue weighted by molar-refractivity contribution is -0.134. The van der Waals surface area contributed by atoms with Gasteiger partial charge in [0.2, 0.25) is 5.91 Å². The molecule has 0 bridgehead atoms. The van der Waals surface area contributed by atoms with Gasteiger partial charge in [0.25, 0.3) is 0 Å². The monoisotopic (exact) mass is 216 g/mol. The molecule has 1 heterocycles. The van der Waals surface area contributed by atoms with Gasteiger partial charge in [0.05, 0.1) is 0 Å². The topological polar surface area (TPSA) is 32.3 Å². The molecule has 82 valence electrons. The van der Waals surface area contributed by atoms with Crippen LogP contribution in [0.15, 0.2) is 0 Å². The molecule has 0 aromatic carbocycles. The van der Waals surface area contributed by atoms with Crippen molar-refractivity contribution in [3.63, 3.8) is 0 Å². The Morgan fingerprint density at radius 1 is 1.50 bits per heavy atom. The van der Waals surface area contributed by atoms with E-state index in [1.54, 1.807) is 11.8 Å². The number of amides is 1. The summed E-state index contributed by atoms with van der Waals surface area (Å²) in [5.41, 5.74) is 0. The van der Waals surface area contributed by atoms with E-state index in [2.05, 4.69) is 11.6 Å². The number of thioether (sulfide) groups is 1. The molecule has 1 amide bonds. The van der Waals surface area contributed by atoms with Gasteiger partial charge in [-0.05, 0) is 32.2 Å². The summed E-state index contributed by atoms with van der Waals surface area (Å²) in [7, 11) is 1.92. The SMILES string of the molecule is CSCCN(C)C(=O)C1CCNCC1. The fourth-order valence-electron chi connectivity index (χ4n) is 1.72. The van der Waals surface area contributed by atoms with Crippen LogP contribution < -0.4 is 5.32 Å². The Bertz CT molecular complexity index is 181. The van der Waals surface area contributed by atoms with E-state index in [1.165, 1.54) is 0 Å². The van der Waals surface area contributed by atoms with Crippen LogP contribution in [0.3, 0.4) is 0 Å². The van der Waals surface area contributed by atoms with Gasteiger partial charge in [0.15, 0.2) is 0 Å². The number of rotatable bonds is 4. The lowest BCUT2D eigenvalue weighted by Gasteiger charge is -2.26. The van der Waals surface area contributed by atoms with Crippen LogP contribution >= 0.6 is 11.8 Å². The van der Waals surface area contributed by atoms with Crippen molar-refractivity contribution in [3.05, 3.63) is 0 Å². The molecule has 1 rings (SSSR count). The Morgan fingerprint density at radius 2 is 2.14 bits per heavy atom. The molecule has 1 saturated heterocycles. The highest BCUT2D eigenvalue weighted by Crippen LogP contribution is 2.14. The third kappa shape index (κ3) is 3.50. The highest BCUT2D eigenvalue weighted by Gasteiger charge is 2.23. The third-order valence-corrected chi connectivity index (χ3v) is 3.29. The van der Waals surface area contributed by atoms with Crippen LogP contribution in [-0.2, 0) is 4.79 Å². The second kappa shape index (κ2) is 6.30. The van der Waals surface area contributed by atoms with E-state index in [4.69, 9.17) is 0 Å². The van der Waals surface area contributed by atoms with Gasteiger partial charge in [0.1, 0.15) is 0 Å². The van der Waals surface area contributed by atoms with E-state index >= 15 is 0 Å². The van der Waals surface area contributed by atoms with Crippen molar-refractivity contribution in [1.29, 1.82) is 0 Å². The highest BCUT2D eigenvalue weighted by atomic mass is 32.2. The second-order valence-corrected chi connectivity index (χ2v) is 4.76. The summed E-state index contributed by atoms with van der Waals surface area (Å²) in [5, 5.41) is 3.28. The number of nitrogens with one attached hydrogen (secondary N) is 1. The van der Waals surface area contributed by atoms with Crippen LogP contribution in [0.25, 0.3) is 0 Å². The first kappa shape index (κ1) is 11.9. The number of nitrogens with zero attached hydrogens (tertiary/aromatic N) is 1. The van der Waals surface area contributed by atoms with Crippen molar-refractivity contribution in [2.24, 2.45) is 5.92 Å². The maximum Gasteiger partial charge on any atom is 0.225 e. The van der Waals surface area contributed by atoms with Crippen molar-refractivity contribution in [1.82, 2.24) is 10.2 Å². The minimum absolute atomic E-state index is 0.267. The minimum Gasteiger partial charge on any atom is -0.345 e. The number of hydrogen-bond donors (Lipinski definition) is 1. The summed E-state index contributed by atoms with van der Waals surface area (Å²) in [6.07, 6.45) is 4.08. The molecule has 4 heteroatoms. The zero-order valence-electron chi connectivity index (χ0n) is 9.08. The molecule has 14 heavy (non-hydrogen) atoms. The maximum atomic E-state index is 11.9.